The number of nitrogens with one attached hydrogen (secondary N) is 1. The standard InChI is InChI=1S/C26H37NO3/c1-4-5-6-9-22(30-26-11-8-7-10-25(26)29-3)16-17-27-19-21-13-12-20-14-15-23(28-2)18-24(20)21/h7-8,10-11,14-15,18,21-22,27H,4-6,9,12-13,16-17,19H2,1-3H3. The van der Waals surface area contributed by atoms with Gasteiger partial charge in [-0.25, -0.2) is 0 Å². The Morgan fingerprint density at radius 2 is 1.83 bits per heavy atom. The molecule has 1 aliphatic rings. The molecule has 1 N–H and O–H groups in total. The molecule has 4 heteroatoms. The first kappa shape index (κ1) is 22.5. The van der Waals surface area contributed by atoms with E-state index >= 15 is 0 Å². The van der Waals surface area contributed by atoms with Gasteiger partial charge in [-0.3, -0.25) is 0 Å². The molecule has 2 aromatic carbocycles. The van der Waals surface area contributed by atoms with Gasteiger partial charge in [-0.1, -0.05) is 38.0 Å². The molecule has 2 atom stereocenters. The highest BCUT2D eigenvalue weighted by atomic mass is 16.5. The minimum atomic E-state index is 0.205. The number of aryl methyl sites for hydroxylation is 1. The van der Waals surface area contributed by atoms with Gasteiger partial charge in [0.2, 0.25) is 0 Å². The third-order valence-corrected chi connectivity index (χ3v) is 6.08. The van der Waals surface area contributed by atoms with Crippen molar-refractivity contribution in [2.24, 2.45) is 0 Å². The SMILES string of the molecule is CCCCCC(CCNCC1CCc2ccc(OC)cc21)Oc1ccccc1OC. The molecule has 3 rings (SSSR count). The summed E-state index contributed by atoms with van der Waals surface area (Å²) in [6.45, 7) is 4.21. The predicted molar refractivity (Wildman–Crippen MR) is 123 cm³/mol. The third-order valence-electron chi connectivity index (χ3n) is 6.08. The van der Waals surface area contributed by atoms with E-state index in [4.69, 9.17) is 14.2 Å². The van der Waals surface area contributed by atoms with Crippen molar-refractivity contribution < 1.29 is 14.2 Å². The molecule has 0 spiro atoms. The zero-order valence-corrected chi connectivity index (χ0v) is 18.8. The minimum absolute atomic E-state index is 0.205. The molecule has 0 amide bonds. The Bertz CT molecular complexity index is 777. The summed E-state index contributed by atoms with van der Waals surface area (Å²) in [5.41, 5.74) is 2.92. The molecule has 0 saturated heterocycles. The molecule has 30 heavy (non-hydrogen) atoms. The molecule has 4 nitrogen and oxygen atoms in total. The molecule has 0 aromatic heterocycles. The highest BCUT2D eigenvalue weighted by Gasteiger charge is 2.23. The van der Waals surface area contributed by atoms with Crippen LogP contribution in [0.2, 0.25) is 0 Å². The number of benzene rings is 2. The fourth-order valence-corrected chi connectivity index (χ4v) is 4.32. The van der Waals surface area contributed by atoms with Gasteiger partial charge in [0.1, 0.15) is 11.9 Å². The van der Waals surface area contributed by atoms with Crippen LogP contribution in [0.3, 0.4) is 0 Å². The van der Waals surface area contributed by atoms with Crippen LogP contribution < -0.4 is 19.5 Å². The number of unbranched alkanes of at least 4 members (excludes halogenated alkanes) is 2. The lowest BCUT2D eigenvalue weighted by molar-refractivity contribution is 0.169. The van der Waals surface area contributed by atoms with Gasteiger partial charge in [-0.2, -0.15) is 0 Å². The second-order valence-corrected chi connectivity index (χ2v) is 8.18. The van der Waals surface area contributed by atoms with Crippen LogP contribution in [0.25, 0.3) is 0 Å². The topological polar surface area (TPSA) is 39.7 Å². The van der Waals surface area contributed by atoms with Gasteiger partial charge in [0.05, 0.1) is 14.2 Å². The molecule has 2 aromatic rings. The molecule has 164 valence electrons. The number of fused-ring (bicyclic) bond motifs is 1. The van der Waals surface area contributed by atoms with E-state index < -0.39 is 0 Å². The van der Waals surface area contributed by atoms with Gasteiger partial charge in [0.15, 0.2) is 11.5 Å². The van der Waals surface area contributed by atoms with Gasteiger partial charge < -0.3 is 19.5 Å². The quantitative estimate of drug-likeness (QED) is 0.427. The number of methoxy groups -OCH3 is 2. The Labute approximate surface area is 181 Å². The molecule has 0 bridgehead atoms. The van der Waals surface area contributed by atoms with Gasteiger partial charge >= 0.3 is 0 Å². The Hall–Kier alpha value is -2.20. The number of para-hydroxylation sites is 2. The van der Waals surface area contributed by atoms with E-state index in [1.165, 1.54) is 43.2 Å². The summed E-state index contributed by atoms with van der Waals surface area (Å²) < 4.78 is 17.2. The van der Waals surface area contributed by atoms with Crippen LogP contribution in [0.1, 0.15) is 62.5 Å². The number of ether oxygens (including phenoxy) is 3. The average molecular weight is 412 g/mol. The summed E-state index contributed by atoms with van der Waals surface area (Å²) in [5.74, 6) is 3.19. The summed E-state index contributed by atoms with van der Waals surface area (Å²) in [6.07, 6.45) is 8.35. The first-order valence-electron chi connectivity index (χ1n) is 11.4. The lowest BCUT2D eigenvalue weighted by Gasteiger charge is -2.21. The second kappa shape index (κ2) is 11.8. The van der Waals surface area contributed by atoms with Gasteiger partial charge in [-0.05, 0) is 80.0 Å². The monoisotopic (exact) mass is 411 g/mol. The maximum atomic E-state index is 6.36. The predicted octanol–water partition coefficient (Wildman–Crippen LogP) is 5.74. The van der Waals surface area contributed by atoms with Gasteiger partial charge in [0, 0.05) is 6.54 Å². The molecule has 0 aliphatic heterocycles. The van der Waals surface area contributed by atoms with Crippen molar-refractivity contribution in [1.82, 2.24) is 5.32 Å². The molecule has 0 fully saturated rings. The van der Waals surface area contributed by atoms with Crippen molar-refractivity contribution in [1.29, 1.82) is 0 Å². The average Bonchev–Trinajstić information content (AvgIpc) is 3.19. The highest BCUT2D eigenvalue weighted by molar-refractivity contribution is 5.41. The number of hydrogen-bond donors (Lipinski definition) is 1. The summed E-state index contributed by atoms with van der Waals surface area (Å²) >= 11 is 0. The third kappa shape index (κ3) is 6.15. The van der Waals surface area contributed by atoms with E-state index in [1.807, 2.05) is 24.3 Å². The van der Waals surface area contributed by atoms with E-state index in [0.717, 1.165) is 43.2 Å². The van der Waals surface area contributed by atoms with Crippen LogP contribution in [-0.2, 0) is 6.42 Å². The van der Waals surface area contributed by atoms with Gasteiger partial charge in [0.25, 0.3) is 0 Å². The maximum absolute atomic E-state index is 6.36. The van der Waals surface area contributed by atoms with Crippen LogP contribution >= 0.6 is 0 Å². The van der Waals surface area contributed by atoms with Crippen molar-refractivity contribution >= 4 is 0 Å². The first-order chi connectivity index (χ1) is 14.7. The van der Waals surface area contributed by atoms with Crippen LogP contribution in [0.5, 0.6) is 17.2 Å². The molecular weight excluding hydrogens is 374 g/mol. The van der Waals surface area contributed by atoms with Crippen molar-refractivity contribution in [2.45, 2.75) is 63.9 Å². The van der Waals surface area contributed by atoms with E-state index in [1.54, 1.807) is 14.2 Å². The van der Waals surface area contributed by atoms with Crippen LogP contribution in [0, 0.1) is 0 Å². The van der Waals surface area contributed by atoms with Crippen LogP contribution in [0.4, 0.5) is 0 Å². The van der Waals surface area contributed by atoms with Crippen LogP contribution in [-0.4, -0.2) is 33.4 Å². The van der Waals surface area contributed by atoms with E-state index in [0.29, 0.717) is 5.92 Å². The first-order valence-corrected chi connectivity index (χ1v) is 11.4. The Balaban J connectivity index is 1.51. The molecule has 0 radical (unpaired) electrons. The number of hydrogen-bond acceptors (Lipinski definition) is 4. The van der Waals surface area contributed by atoms with Crippen molar-refractivity contribution in [3.63, 3.8) is 0 Å². The van der Waals surface area contributed by atoms with E-state index in [9.17, 15) is 0 Å². The fourth-order valence-electron chi connectivity index (χ4n) is 4.32. The van der Waals surface area contributed by atoms with Crippen molar-refractivity contribution in [3.05, 3.63) is 53.6 Å². The largest absolute Gasteiger partial charge is 0.497 e. The Kier molecular flexibility index (Phi) is 8.88. The Morgan fingerprint density at radius 1 is 1.00 bits per heavy atom. The summed E-state index contributed by atoms with van der Waals surface area (Å²) in [5, 5.41) is 3.69. The van der Waals surface area contributed by atoms with E-state index in [2.05, 4.69) is 30.4 Å². The Morgan fingerprint density at radius 3 is 2.60 bits per heavy atom. The lowest BCUT2D eigenvalue weighted by atomic mass is 10.0. The van der Waals surface area contributed by atoms with Crippen molar-refractivity contribution in [2.75, 3.05) is 27.3 Å². The molecular formula is C26H37NO3. The smallest absolute Gasteiger partial charge is 0.161 e. The molecule has 2 unspecified atom stereocenters. The van der Waals surface area contributed by atoms with E-state index in [-0.39, 0.29) is 6.10 Å². The zero-order chi connectivity index (χ0) is 21.2. The minimum Gasteiger partial charge on any atom is -0.497 e. The second-order valence-electron chi connectivity index (χ2n) is 8.18. The molecule has 1 aliphatic carbocycles. The highest BCUT2D eigenvalue weighted by Crippen LogP contribution is 2.35. The van der Waals surface area contributed by atoms with Crippen molar-refractivity contribution in [3.8, 4) is 17.2 Å². The molecule has 0 saturated carbocycles. The maximum Gasteiger partial charge on any atom is 0.161 e. The van der Waals surface area contributed by atoms with Gasteiger partial charge in [-0.15, -0.1) is 0 Å². The summed E-state index contributed by atoms with van der Waals surface area (Å²) in [4.78, 5) is 0. The number of rotatable bonds is 13. The normalized spacial score (nSPS) is 16.2. The fraction of sp³-hybridized carbons (Fsp3) is 0.538. The zero-order valence-electron chi connectivity index (χ0n) is 18.8. The molecule has 0 heterocycles. The summed E-state index contributed by atoms with van der Waals surface area (Å²) in [6, 6.07) is 14.5. The van der Waals surface area contributed by atoms with Crippen LogP contribution in [0.15, 0.2) is 42.5 Å². The lowest BCUT2D eigenvalue weighted by Crippen LogP contribution is -2.27. The summed E-state index contributed by atoms with van der Waals surface area (Å²) in [7, 11) is 3.44.